The van der Waals surface area contributed by atoms with Gasteiger partial charge >= 0.3 is 11.7 Å². The first-order valence-corrected chi connectivity index (χ1v) is 4.46. The van der Waals surface area contributed by atoms with Gasteiger partial charge in [-0.3, -0.25) is 4.79 Å². The van der Waals surface area contributed by atoms with Crippen molar-refractivity contribution in [2.24, 2.45) is 0 Å². The molecule has 0 bridgehead atoms. The summed E-state index contributed by atoms with van der Waals surface area (Å²) in [4.78, 5) is 27.6. The van der Waals surface area contributed by atoms with E-state index in [1.165, 1.54) is 12.1 Å². The van der Waals surface area contributed by atoms with Gasteiger partial charge in [-0.25, -0.2) is 9.18 Å². The van der Waals surface area contributed by atoms with Gasteiger partial charge in [0.1, 0.15) is 5.82 Å². The van der Waals surface area contributed by atoms with Gasteiger partial charge in [-0.15, -0.1) is 0 Å². The number of nitrogens with zero attached hydrogens (tertiary/aromatic N) is 1. The van der Waals surface area contributed by atoms with E-state index in [-0.39, 0.29) is 17.6 Å². The fourth-order valence-corrected chi connectivity index (χ4v) is 1.47. The van der Waals surface area contributed by atoms with Crippen molar-refractivity contribution in [1.82, 2.24) is 9.97 Å². The van der Waals surface area contributed by atoms with E-state index in [2.05, 4.69) is 9.97 Å². The van der Waals surface area contributed by atoms with Crippen molar-refractivity contribution in [3.63, 3.8) is 0 Å². The van der Waals surface area contributed by atoms with Crippen molar-refractivity contribution in [3.05, 3.63) is 40.2 Å². The van der Waals surface area contributed by atoms with Gasteiger partial charge in [-0.2, -0.15) is 4.98 Å². The Labute approximate surface area is 88.6 Å². The summed E-state index contributed by atoms with van der Waals surface area (Å²) in [6, 6.07) is 3.65. The number of nitrogens with one attached hydrogen (secondary N) is 1. The number of rotatable bonds is 2. The third-order valence-electron chi connectivity index (χ3n) is 2.09. The van der Waals surface area contributed by atoms with E-state index in [9.17, 15) is 14.0 Å². The van der Waals surface area contributed by atoms with E-state index in [1.807, 2.05) is 0 Å². The first kappa shape index (κ1) is 10.3. The molecule has 2 rings (SSSR count). The normalized spacial score (nSPS) is 10.6. The number of benzene rings is 1. The fourth-order valence-electron chi connectivity index (χ4n) is 1.47. The first-order chi connectivity index (χ1) is 7.56. The number of aromatic amines is 1. The maximum atomic E-state index is 13.0. The van der Waals surface area contributed by atoms with E-state index in [4.69, 9.17) is 5.11 Å². The second kappa shape index (κ2) is 3.73. The monoisotopic (exact) mass is 222 g/mol. The van der Waals surface area contributed by atoms with Crippen LogP contribution in [0.3, 0.4) is 0 Å². The molecule has 0 aliphatic rings. The number of aromatic nitrogens is 2. The van der Waals surface area contributed by atoms with Crippen LogP contribution in [0.2, 0.25) is 0 Å². The van der Waals surface area contributed by atoms with E-state index in [0.29, 0.717) is 5.39 Å². The molecule has 0 amide bonds. The Balaban J connectivity index is 2.74. The second-order valence-electron chi connectivity index (χ2n) is 3.25. The number of fused-ring (bicyclic) bond motifs is 1. The molecule has 1 aromatic carbocycles. The molecule has 1 aromatic heterocycles. The zero-order chi connectivity index (χ0) is 11.7. The molecule has 0 fully saturated rings. The molecule has 0 spiro atoms. The summed E-state index contributed by atoms with van der Waals surface area (Å²) in [5.41, 5.74) is -0.209. The van der Waals surface area contributed by atoms with Gasteiger partial charge in [0.15, 0.2) is 0 Å². The van der Waals surface area contributed by atoms with Crippen molar-refractivity contribution in [2.75, 3.05) is 0 Å². The lowest BCUT2D eigenvalue weighted by atomic mass is 10.1. The zero-order valence-electron chi connectivity index (χ0n) is 8.03. The Morgan fingerprint density at radius 2 is 2.25 bits per heavy atom. The van der Waals surface area contributed by atoms with Gasteiger partial charge < -0.3 is 10.1 Å². The quantitative estimate of drug-likeness (QED) is 0.783. The molecule has 2 aromatic rings. The number of halogens is 1. The lowest BCUT2D eigenvalue weighted by molar-refractivity contribution is -0.136. The number of hydrogen-bond donors (Lipinski definition) is 2. The minimum absolute atomic E-state index is 0.155. The highest BCUT2D eigenvalue weighted by atomic mass is 19.1. The largest absolute Gasteiger partial charge is 0.481 e. The zero-order valence-corrected chi connectivity index (χ0v) is 8.03. The van der Waals surface area contributed by atoms with Crippen LogP contribution in [-0.2, 0) is 11.2 Å². The van der Waals surface area contributed by atoms with Crippen molar-refractivity contribution >= 4 is 16.9 Å². The Hall–Kier alpha value is -2.24. The van der Waals surface area contributed by atoms with Crippen LogP contribution in [0.5, 0.6) is 0 Å². The maximum absolute atomic E-state index is 13.0. The molecular formula is C10H7FN2O3. The van der Waals surface area contributed by atoms with Gasteiger partial charge in [0.2, 0.25) is 0 Å². The molecule has 0 aliphatic heterocycles. The number of H-pyrrole nitrogens is 1. The van der Waals surface area contributed by atoms with Crippen LogP contribution in [0.25, 0.3) is 10.9 Å². The van der Waals surface area contributed by atoms with Crippen LogP contribution in [0.15, 0.2) is 23.0 Å². The summed E-state index contributed by atoms with van der Waals surface area (Å²) in [5, 5.41) is 8.96. The highest BCUT2D eigenvalue weighted by Gasteiger charge is 2.09. The lowest BCUT2D eigenvalue weighted by Crippen LogP contribution is -2.15. The Morgan fingerprint density at radius 3 is 2.94 bits per heavy atom. The average molecular weight is 222 g/mol. The van der Waals surface area contributed by atoms with Crippen LogP contribution in [0.4, 0.5) is 4.39 Å². The third kappa shape index (κ3) is 1.90. The highest BCUT2D eigenvalue weighted by Crippen LogP contribution is 2.15. The number of carboxylic acid groups (broad SMARTS) is 1. The molecule has 6 heteroatoms. The van der Waals surface area contributed by atoms with Gasteiger partial charge in [-0.1, -0.05) is 0 Å². The van der Waals surface area contributed by atoms with Crippen LogP contribution in [0.1, 0.15) is 5.69 Å². The van der Waals surface area contributed by atoms with Crippen molar-refractivity contribution in [1.29, 1.82) is 0 Å². The summed E-state index contributed by atoms with van der Waals surface area (Å²) in [6.07, 6.45) is -0.377. The van der Waals surface area contributed by atoms with Crippen molar-refractivity contribution in [2.45, 2.75) is 6.42 Å². The third-order valence-corrected chi connectivity index (χ3v) is 2.09. The fraction of sp³-hybridized carbons (Fsp3) is 0.100. The van der Waals surface area contributed by atoms with Gasteiger partial charge in [0.05, 0.1) is 11.9 Å². The van der Waals surface area contributed by atoms with Crippen LogP contribution < -0.4 is 5.69 Å². The molecule has 82 valence electrons. The standard InChI is InChI=1S/C10H7FN2O3/c11-5-1-2-7-6(3-5)8(4-9(14)15)13-10(16)12-7/h1-3H,4H2,(H,14,15)(H,12,13,16). The van der Waals surface area contributed by atoms with Crippen LogP contribution in [-0.4, -0.2) is 21.0 Å². The predicted octanol–water partition coefficient (Wildman–Crippen LogP) is 0.689. The molecule has 1 heterocycles. The predicted molar refractivity (Wildman–Crippen MR) is 53.7 cm³/mol. The molecule has 16 heavy (non-hydrogen) atoms. The number of aliphatic carboxylic acids is 1. The lowest BCUT2D eigenvalue weighted by Gasteiger charge is -2.02. The van der Waals surface area contributed by atoms with Crippen LogP contribution in [0, 0.1) is 5.82 Å². The summed E-state index contributed by atoms with van der Waals surface area (Å²) >= 11 is 0. The minimum atomic E-state index is -1.10. The van der Waals surface area contributed by atoms with E-state index >= 15 is 0 Å². The number of carboxylic acids is 1. The van der Waals surface area contributed by atoms with Gasteiger partial charge in [0.25, 0.3) is 0 Å². The molecule has 5 nitrogen and oxygen atoms in total. The first-order valence-electron chi connectivity index (χ1n) is 4.46. The van der Waals surface area contributed by atoms with E-state index in [0.717, 1.165) is 6.07 Å². The summed E-state index contributed by atoms with van der Waals surface area (Å²) < 4.78 is 13.0. The average Bonchev–Trinajstić information content (AvgIpc) is 2.18. The summed E-state index contributed by atoms with van der Waals surface area (Å²) in [5.74, 6) is -1.61. The highest BCUT2D eigenvalue weighted by molar-refractivity contribution is 5.84. The second-order valence-corrected chi connectivity index (χ2v) is 3.25. The van der Waals surface area contributed by atoms with E-state index < -0.39 is 17.5 Å². The van der Waals surface area contributed by atoms with Gasteiger partial charge in [0, 0.05) is 11.1 Å². The topological polar surface area (TPSA) is 83.0 Å². The van der Waals surface area contributed by atoms with Crippen LogP contribution >= 0.6 is 0 Å². The minimum Gasteiger partial charge on any atom is -0.481 e. The summed E-state index contributed by atoms with van der Waals surface area (Å²) in [6.45, 7) is 0. The maximum Gasteiger partial charge on any atom is 0.345 e. The molecule has 2 N–H and O–H groups in total. The molecule has 0 atom stereocenters. The van der Waals surface area contributed by atoms with E-state index in [1.54, 1.807) is 0 Å². The molecule has 0 saturated heterocycles. The molecule has 0 aliphatic carbocycles. The Kier molecular flexibility index (Phi) is 2.40. The molecule has 0 radical (unpaired) electrons. The Morgan fingerprint density at radius 1 is 1.50 bits per heavy atom. The summed E-state index contributed by atoms with van der Waals surface area (Å²) in [7, 11) is 0. The number of carbonyl (C=O) groups is 1. The smallest absolute Gasteiger partial charge is 0.345 e. The van der Waals surface area contributed by atoms with Gasteiger partial charge in [-0.05, 0) is 18.2 Å². The number of hydrogen-bond acceptors (Lipinski definition) is 3. The Bertz CT molecular complexity index is 621. The molecule has 0 saturated carbocycles. The molecular weight excluding hydrogens is 215 g/mol. The SMILES string of the molecule is O=C(O)Cc1[nH]c(=O)nc2ccc(F)cc12. The van der Waals surface area contributed by atoms with Crippen molar-refractivity contribution in [3.8, 4) is 0 Å². The molecule has 0 unspecified atom stereocenters. The van der Waals surface area contributed by atoms with Crippen molar-refractivity contribution < 1.29 is 14.3 Å².